The molecule has 0 aliphatic carbocycles. The van der Waals surface area contributed by atoms with Crippen molar-refractivity contribution in [3.05, 3.63) is 59.7 Å². The van der Waals surface area contributed by atoms with Crippen molar-refractivity contribution in [1.29, 1.82) is 0 Å². The van der Waals surface area contributed by atoms with Gasteiger partial charge in [-0.2, -0.15) is 0 Å². The average Bonchev–Trinajstić information content (AvgIpc) is 3.49. The van der Waals surface area contributed by atoms with Gasteiger partial charge in [0.15, 0.2) is 5.72 Å². The molecular formula is C26H19N3O5. The molecule has 2 aromatic heterocycles. The largest absolute Gasteiger partial charge is 0.393 e. The fourth-order valence-electron chi connectivity index (χ4n) is 6.65. The summed E-state index contributed by atoms with van der Waals surface area (Å²) in [7, 11) is 0. The summed E-state index contributed by atoms with van der Waals surface area (Å²) in [5.41, 5.74) is 0.954. The van der Waals surface area contributed by atoms with Gasteiger partial charge in [0, 0.05) is 28.0 Å². The number of hydrogen-bond acceptors (Lipinski definition) is 5. The molecule has 8 rings (SSSR count). The highest BCUT2D eigenvalue weighted by Crippen LogP contribution is 2.57. The van der Waals surface area contributed by atoms with Crippen molar-refractivity contribution in [1.82, 2.24) is 14.5 Å². The van der Waals surface area contributed by atoms with Gasteiger partial charge in [-0.1, -0.05) is 36.4 Å². The lowest BCUT2D eigenvalue weighted by Gasteiger charge is -2.38. The minimum Gasteiger partial charge on any atom is -0.393 e. The van der Waals surface area contributed by atoms with Crippen LogP contribution in [0.4, 0.5) is 0 Å². The van der Waals surface area contributed by atoms with Gasteiger partial charge in [-0.15, -0.1) is 0 Å². The summed E-state index contributed by atoms with van der Waals surface area (Å²) in [5, 5.41) is 27.6. The van der Waals surface area contributed by atoms with Crippen LogP contribution < -0.4 is 5.32 Å². The predicted octanol–water partition coefficient (Wildman–Crippen LogP) is 3.11. The fraction of sp³-hybridized carbons (Fsp3) is 0.231. The number of ether oxygens (including phenoxy) is 1. The third-order valence-electron chi connectivity index (χ3n) is 8.16. The first-order chi connectivity index (χ1) is 16.4. The normalized spacial score (nSPS) is 27.4. The third kappa shape index (κ3) is 1.73. The maximum Gasteiger partial charge on any atom is 0.259 e. The number of rotatable bonds is 1. The number of aliphatic hydroxyl groups is 2. The second-order valence-electron chi connectivity index (χ2n) is 9.67. The van der Waals surface area contributed by atoms with E-state index in [1.54, 1.807) is 6.92 Å². The number of nitrogens with one attached hydrogen (secondary N) is 1. The van der Waals surface area contributed by atoms with Crippen LogP contribution in [0, 0.1) is 0 Å². The van der Waals surface area contributed by atoms with Crippen molar-refractivity contribution in [2.45, 2.75) is 30.9 Å². The summed E-state index contributed by atoms with van der Waals surface area (Å²) >= 11 is 0. The molecule has 3 aliphatic heterocycles. The van der Waals surface area contributed by atoms with E-state index in [4.69, 9.17) is 4.74 Å². The van der Waals surface area contributed by atoms with Crippen molar-refractivity contribution in [2.75, 3.05) is 6.61 Å². The van der Waals surface area contributed by atoms with E-state index in [1.807, 2.05) is 57.7 Å². The summed E-state index contributed by atoms with van der Waals surface area (Å²) in [5.74, 6) is -0.838. The van der Waals surface area contributed by atoms with Crippen LogP contribution >= 0.6 is 0 Å². The molecule has 168 valence electrons. The Morgan fingerprint density at radius 2 is 1.56 bits per heavy atom. The van der Waals surface area contributed by atoms with Crippen molar-refractivity contribution >= 4 is 55.4 Å². The smallest absolute Gasteiger partial charge is 0.259 e. The van der Waals surface area contributed by atoms with Crippen LogP contribution in [0.2, 0.25) is 0 Å². The van der Waals surface area contributed by atoms with Crippen molar-refractivity contribution in [2.24, 2.45) is 0 Å². The quantitative estimate of drug-likeness (QED) is 0.338. The first kappa shape index (κ1) is 18.7. The summed E-state index contributed by atoms with van der Waals surface area (Å²) in [4.78, 5) is 26.3. The Morgan fingerprint density at radius 3 is 2.24 bits per heavy atom. The van der Waals surface area contributed by atoms with E-state index >= 15 is 0 Å². The van der Waals surface area contributed by atoms with Crippen LogP contribution in [0.1, 0.15) is 40.3 Å². The molecule has 2 amide bonds. The first-order valence-electron chi connectivity index (χ1n) is 11.3. The standard InChI is InChI=1S/C26H19N3O5/c1-25-26(33,11-30)10-16(34-25)28-14-8-4-2-6-12(14)17-19-20(24(32)27-23(19)31)18-13-7-3-5-9-15(13)29(25)22(18)21(17)28/h2-9,16,30,33H,10-11H2,1H3,(H,27,31,32)/t16-,25+,26-/m1/s1. The average molecular weight is 453 g/mol. The first-order valence-corrected chi connectivity index (χ1v) is 11.3. The van der Waals surface area contributed by atoms with Crippen LogP contribution in [0.3, 0.4) is 0 Å². The molecule has 0 saturated carbocycles. The third-order valence-corrected chi connectivity index (χ3v) is 8.16. The number of aliphatic hydroxyl groups excluding tert-OH is 1. The summed E-state index contributed by atoms with van der Waals surface area (Å²) in [6, 6.07) is 15.3. The topological polar surface area (TPSA) is 106 Å². The molecule has 0 unspecified atom stereocenters. The van der Waals surface area contributed by atoms with E-state index in [0.717, 1.165) is 27.3 Å². The van der Waals surface area contributed by atoms with Gasteiger partial charge in [-0.25, -0.2) is 0 Å². The molecule has 3 atom stereocenters. The lowest BCUT2D eigenvalue weighted by molar-refractivity contribution is -0.189. The molecule has 3 aliphatic rings. The monoisotopic (exact) mass is 453 g/mol. The maximum absolute atomic E-state index is 13.2. The zero-order valence-corrected chi connectivity index (χ0v) is 18.1. The Kier molecular flexibility index (Phi) is 3.02. The fourth-order valence-corrected chi connectivity index (χ4v) is 6.65. The van der Waals surface area contributed by atoms with Gasteiger partial charge >= 0.3 is 0 Å². The number of carbonyl (C=O) groups is 2. The molecule has 2 bridgehead atoms. The SMILES string of the molecule is C[C@]12O[C@H](C[C@@]1(O)CO)n1c3ccccc3c3c4c(c5c6ccccc6n2c5c31)C(=O)NC4=O. The molecule has 1 fully saturated rings. The molecule has 3 aromatic carbocycles. The summed E-state index contributed by atoms with van der Waals surface area (Å²) < 4.78 is 10.6. The van der Waals surface area contributed by atoms with Crippen LogP contribution in [-0.2, 0) is 10.5 Å². The Bertz CT molecular complexity index is 1810. The van der Waals surface area contributed by atoms with Crippen molar-refractivity contribution in [3.8, 4) is 0 Å². The summed E-state index contributed by atoms with van der Waals surface area (Å²) in [6.45, 7) is 1.30. The zero-order chi connectivity index (χ0) is 23.1. The van der Waals surface area contributed by atoms with Gasteiger partial charge in [0.05, 0.1) is 39.8 Å². The second-order valence-corrected chi connectivity index (χ2v) is 9.67. The molecule has 5 aromatic rings. The van der Waals surface area contributed by atoms with E-state index in [2.05, 4.69) is 5.32 Å². The Labute approximate surface area is 191 Å². The van der Waals surface area contributed by atoms with Crippen LogP contribution in [0.15, 0.2) is 48.5 Å². The van der Waals surface area contributed by atoms with Crippen LogP contribution in [0.5, 0.6) is 0 Å². The number of aromatic nitrogens is 2. The van der Waals surface area contributed by atoms with Crippen LogP contribution in [-0.4, -0.2) is 43.4 Å². The molecule has 8 nitrogen and oxygen atoms in total. The van der Waals surface area contributed by atoms with Gasteiger partial charge in [0.25, 0.3) is 11.8 Å². The molecule has 3 N–H and O–H groups in total. The molecule has 34 heavy (non-hydrogen) atoms. The number of nitrogens with zero attached hydrogens (tertiary/aromatic N) is 2. The van der Waals surface area contributed by atoms with Gasteiger partial charge < -0.3 is 24.1 Å². The molecule has 0 radical (unpaired) electrons. The van der Waals surface area contributed by atoms with E-state index in [9.17, 15) is 19.8 Å². The van der Waals surface area contributed by atoms with Crippen LogP contribution in [0.25, 0.3) is 43.6 Å². The predicted molar refractivity (Wildman–Crippen MR) is 125 cm³/mol. The van der Waals surface area contributed by atoms with E-state index < -0.39 is 36.0 Å². The highest BCUT2D eigenvalue weighted by molar-refractivity contribution is 6.39. The number of carbonyl (C=O) groups excluding carboxylic acids is 2. The van der Waals surface area contributed by atoms with Gasteiger partial charge in [-0.3, -0.25) is 14.9 Å². The highest BCUT2D eigenvalue weighted by Gasteiger charge is 2.60. The molecule has 0 spiro atoms. The van der Waals surface area contributed by atoms with Gasteiger partial charge in [0.1, 0.15) is 11.8 Å². The number of para-hydroxylation sites is 2. The number of imide groups is 1. The van der Waals surface area contributed by atoms with E-state index in [1.165, 1.54) is 0 Å². The minimum absolute atomic E-state index is 0.170. The lowest BCUT2D eigenvalue weighted by atomic mass is 9.89. The molecule has 5 heterocycles. The number of hydrogen-bond donors (Lipinski definition) is 3. The van der Waals surface area contributed by atoms with E-state index in [0.29, 0.717) is 27.4 Å². The minimum atomic E-state index is -1.57. The molecule has 1 saturated heterocycles. The van der Waals surface area contributed by atoms with E-state index in [-0.39, 0.29) is 6.42 Å². The molecule has 8 heteroatoms. The number of amides is 2. The Hall–Kier alpha value is -3.72. The van der Waals surface area contributed by atoms with Crippen molar-refractivity contribution in [3.63, 3.8) is 0 Å². The van der Waals surface area contributed by atoms with Gasteiger partial charge in [-0.05, 0) is 19.1 Å². The molecular weight excluding hydrogens is 434 g/mol. The Morgan fingerprint density at radius 1 is 0.971 bits per heavy atom. The number of fused-ring (bicyclic) bond motifs is 13. The number of benzene rings is 3. The van der Waals surface area contributed by atoms with Gasteiger partial charge in [0.2, 0.25) is 0 Å². The van der Waals surface area contributed by atoms with Crippen molar-refractivity contribution < 1.29 is 24.5 Å². The lowest BCUT2D eigenvalue weighted by Crippen LogP contribution is -2.53. The highest BCUT2D eigenvalue weighted by atomic mass is 16.6. The maximum atomic E-state index is 13.2. The summed E-state index contributed by atoms with van der Waals surface area (Å²) in [6.07, 6.45) is -0.409. The zero-order valence-electron chi connectivity index (χ0n) is 18.1. The second kappa shape index (κ2) is 5.50. The Balaban J connectivity index is 1.79.